The van der Waals surface area contributed by atoms with Crippen LogP contribution in [0.2, 0.25) is 0 Å². The topological polar surface area (TPSA) is 86.5 Å². The van der Waals surface area contributed by atoms with Crippen molar-refractivity contribution in [2.45, 2.75) is 12.8 Å². The molecule has 3 N–H and O–H groups in total. The molecule has 0 unspecified atom stereocenters. The molecule has 0 fully saturated rings. The van der Waals surface area contributed by atoms with E-state index in [1.54, 1.807) is 19.2 Å². The molecule has 1 heterocycles. The van der Waals surface area contributed by atoms with Gasteiger partial charge in [-0.1, -0.05) is 0 Å². The molecule has 0 radical (unpaired) electrons. The number of nitrogens with one attached hydrogen (secondary N) is 1. The van der Waals surface area contributed by atoms with Crippen LogP contribution >= 0.6 is 0 Å². The second-order valence-corrected chi connectivity index (χ2v) is 4.04. The Bertz CT molecular complexity index is 385. The average molecular weight is 267 g/mol. The molecule has 106 valence electrons. The fraction of sp³-hybridized carbons (Fsp3) is 0.538. The molecule has 0 aliphatic carbocycles. The van der Waals surface area contributed by atoms with Crippen LogP contribution in [0.3, 0.4) is 0 Å². The SMILES string of the molecule is COCCOCCCCNC(=O)c1cc(N)ccn1. The Morgan fingerprint density at radius 2 is 2.21 bits per heavy atom. The van der Waals surface area contributed by atoms with E-state index in [0.717, 1.165) is 12.8 Å². The molecule has 1 aromatic heterocycles. The van der Waals surface area contributed by atoms with Crippen LogP contribution in [-0.2, 0) is 9.47 Å². The summed E-state index contributed by atoms with van der Waals surface area (Å²) in [5.74, 6) is -0.201. The molecule has 0 aliphatic rings. The molecule has 0 saturated heterocycles. The van der Waals surface area contributed by atoms with Gasteiger partial charge in [-0.2, -0.15) is 0 Å². The first-order valence-electron chi connectivity index (χ1n) is 6.30. The smallest absolute Gasteiger partial charge is 0.269 e. The number of hydrogen-bond acceptors (Lipinski definition) is 5. The fourth-order valence-corrected chi connectivity index (χ4v) is 1.44. The van der Waals surface area contributed by atoms with E-state index in [9.17, 15) is 4.79 Å². The molecule has 0 atom stereocenters. The first-order valence-corrected chi connectivity index (χ1v) is 6.30. The molecule has 0 aliphatic heterocycles. The van der Waals surface area contributed by atoms with Gasteiger partial charge in [0.25, 0.3) is 5.91 Å². The van der Waals surface area contributed by atoms with E-state index < -0.39 is 0 Å². The lowest BCUT2D eigenvalue weighted by molar-refractivity contribution is 0.0686. The quantitative estimate of drug-likeness (QED) is 0.647. The van der Waals surface area contributed by atoms with Crippen LogP contribution in [0.4, 0.5) is 5.69 Å². The summed E-state index contributed by atoms with van der Waals surface area (Å²) in [6.07, 6.45) is 3.28. The predicted octanol–water partition coefficient (Wildman–Crippen LogP) is 0.837. The number of ether oxygens (including phenoxy) is 2. The number of nitrogens with zero attached hydrogens (tertiary/aromatic N) is 1. The van der Waals surface area contributed by atoms with Gasteiger partial charge in [-0.3, -0.25) is 9.78 Å². The lowest BCUT2D eigenvalue weighted by atomic mass is 10.3. The van der Waals surface area contributed by atoms with E-state index in [-0.39, 0.29) is 5.91 Å². The van der Waals surface area contributed by atoms with Crippen molar-refractivity contribution in [2.75, 3.05) is 39.2 Å². The van der Waals surface area contributed by atoms with Crippen LogP contribution in [0, 0.1) is 0 Å². The van der Waals surface area contributed by atoms with Crippen molar-refractivity contribution >= 4 is 11.6 Å². The zero-order valence-corrected chi connectivity index (χ0v) is 11.2. The number of hydrogen-bond donors (Lipinski definition) is 2. The van der Waals surface area contributed by atoms with Gasteiger partial charge in [-0.15, -0.1) is 0 Å². The number of amides is 1. The summed E-state index contributed by atoms with van der Waals surface area (Å²) in [5.41, 5.74) is 6.46. The van der Waals surface area contributed by atoms with Crippen molar-refractivity contribution in [2.24, 2.45) is 0 Å². The maximum atomic E-state index is 11.7. The van der Waals surface area contributed by atoms with Gasteiger partial charge in [0.15, 0.2) is 0 Å². The van der Waals surface area contributed by atoms with E-state index in [4.69, 9.17) is 15.2 Å². The standard InChI is InChI=1S/C13H21N3O3/c1-18-8-9-19-7-3-2-5-16-13(17)12-10-11(14)4-6-15-12/h4,6,10H,2-3,5,7-9H2,1H3,(H2,14,15)(H,16,17). The Kier molecular flexibility index (Phi) is 7.53. The number of unbranched alkanes of at least 4 members (excludes halogenated alkanes) is 1. The molecule has 0 bridgehead atoms. The van der Waals surface area contributed by atoms with Gasteiger partial charge in [0.05, 0.1) is 13.2 Å². The number of nitrogens with two attached hydrogens (primary N) is 1. The van der Waals surface area contributed by atoms with E-state index in [1.807, 2.05) is 0 Å². The zero-order chi connectivity index (χ0) is 13.9. The van der Waals surface area contributed by atoms with Gasteiger partial charge in [0.1, 0.15) is 5.69 Å². The van der Waals surface area contributed by atoms with Gasteiger partial charge in [0.2, 0.25) is 0 Å². The van der Waals surface area contributed by atoms with Crippen molar-refractivity contribution in [3.8, 4) is 0 Å². The molecule has 1 aromatic rings. The summed E-state index contributed by atoms with van der Waals surface area (Å²) < 4.78 is 10.2. The number of rotatable bonds is 9. The number of carbonyl (C=O) groups excluding carboxylic acids is 1. The minimum atomic E-state index is -0.201. The molecule has 0 aromatic carbocycles. The van der Waals surface area contributed by atoms with Crippen molar-refractivity contribution < 1.29 is 14.3 Å². The molecule has 0 spiro atoms. The molecular weight excluding hydrogens is 246 g/mol. The Morgan fingerprint density at radius 1 is 1.37 bits per heavy atom. The highest BCUT2D eigenvalue weighted by Gasteiger charge is 2.05. The normalized spacial score (nSPS) is 10.4. The minimum absolute atomic E-state index is 0.201. The Hall–Kier alpha value is -1.66. The van der Waals surface area contributed by atoms with E-state index >= 15 is 0 Å². The summed E-state index contributed by atoms with van der Waals surface area (Å²) in [7, 11) is 1.64. The second-order valence-electron chi connectivity index (χ2n) is 4.04. The second kappa shape index (κ2) is 9.29. The highest BCUT2D eigenvalue weighted by molar-refractivity contribution is 5.92. The summed E-state index contributed by atoms with van der Waals surface area (Å²) in [5, 5.41) is 2.79. The largest absolute Gasteiger partial charge is 0.399 e. The summed E-state index contributed by atoms with van der Waals surface area (Å²) >= 11 is 0. The third-order valence-corrected chi connectivity index (χ3v) is 2.45. The number of anilines is 1. The number of pyridine rings is 1. The van der Waals surface area contributed by atoms with Crippen LogP contribution in [0.5, 0.6) is 0 Å². The van der Waals surface area contributed by atoms with E-state index in [1.165, 1.54) is 6.20 Å². The zero-order valence-electron chi connectivity index (χ0n) is 11.2. The van der Waals surface area contributed by atoms with Gasteiger partial charge >= 0.3 is 0 Å². The number of methoxy groups -OCH3 is 1. The van der Waals surface area contributed by atoms with E-state index in [2.05, 4.69) is 10.3 Å². The van der Waals surface area contributed by atoms with Gasteiger partial charge in [-0.25, -0.2) is 0 Å². The number of carbonyl (C=O) groups is 1. The first kappa shape index (κ1) is 15.4. The highest BCUT2D eigenvalue weighted by atomic mass is 16.5. The number of nitrogen functional groups attached to an aromatic ring is 1. The summed E-state index contributed by atoms with van der Waals surface area (Å²) in [6, 6.07) is 3.21. The minimum Gasteiger partial charge on any atom is -0.399 e. The molecule has 0 saturated carbocycles. The molecule has 19 heavy (non-hydrogen) atoms. The summed E-state index contributed by atoms with van der Waals surface area (Å²) in [6.45, 7) is 2.49. The van der Waals surface area contributed by atoms with Gasteiger partial charge in [0, 0.05) is 32.1 Å². The maximum absolute atomic E-state index is 11.7. The molecule has 1 amide bonds. The fourth-order valence-electron chi connectivity index (χ4n) is 1.44. The highest BCUT2D eigenvalue weighted by Crippen LogP contribution is 2.02. The Labute approximate surface area is 113 Å². The van der Waals surface area contributed by atoms with E-state index in [0.29, 0.717) is 37.7 Å². The maximum Gasteiger partial charge on any atom is 0.269 e. The molecule has 1 rings (SSSR count). The molecule has 6 heteroatoms. The van der Waals surface area contributed by atoms with Crippen molar-refractivity contribution in [1.82, 2.24) is 10.3 Å². The molecular formula is C13H21N3O3. The first-order chi connectivity index (χ1) is 9.24. The monoisotopic (exact) mass is 267 g/mol. The van der Waals surface area contributed by atoms with Crippen LogP contribution in [0.25, 0.3) is 0 Å². The van der Waals surface area contributed by atoms with Crippen LogP contribution in [-0.4, -0.2) is 44.4 Å². The lowest BCUT2D eigenvalue weighted by Gasteiger charge is -2.06. The third-order valence-electron chi connectivity index (χ3n) is 2.45. The number of aromatic nitrogens is 1. The van der Waals surface area contributed by atoms with Crippen LogP contribution < -0.4 is 11.1 Å². The van der Waals surface area contributed by atoms with Crippen LogP contribution in [0.1, 0.15) is 23.3 Å². The average Bonchev–Trinajstić information content (AvgIpc) is 2.41. The van der Waals surface area contributed by atoms with Gasteiger partial charge in [-0.05, 0) is 25.0 Å². The Morgan fingerprint density at radius 3 is 2.95 bits per heavy atom. The molecule has 6 nitrogen and oxygen atoms in total. The third kappa shape index (κ3) is 6.73. The van der Waals surface area contributed by atoms with Crippen LogP contribution in [0.15, 0.2) is 18.3 Å². The summed E-state index contributed by atoms with van der Waals surface area (Å²) in [4.78, 5) is 15.7. The van der Waals surface area contributed by atoms with Gasteiger partial charge < -0.3 is 20.5 Å². The lowest BCUT2D eigenvalue weighted by Crippen LogP contribution is -2.25. The van der Waals surface area contributed by atoms with Crippen molar-refractivity contribution in [1.29, 1.82) is 0 Å². The van der Waals surface area contributed by atoms with Crippen molar-refractivity contribution in [3.63, 3.8) is 0 Å². The predicted molar refractivity (Wildman–Crippen MR) is 72.9 cm³/mol. The van der Waals surface area contributed by atoms with Crippen molar-refractivity contribution in [3.05, 3.63) is 24.0 Å². The Balaban J connectivity index is 2.08.